The number of carbonyl (C=O) groups excluding carboxylic acids is 1. The highest BCUT2D eigenvalue weighted by Crippen LogP contribution is 2.25. The number of anilines is 1. The standard InChI is InChI=1S/C17H18F3N3O3/c18-17(19,20)26-15-5-3-14(4-6-15)22-8-10-23(11-9-22)16(24)25-12-13-2-1-7-21-13/h1-7,21H,8-12H2. The molecule has 0 saturated carbocycles. The van der Waals surface area contributed by atoms with Crippen LogP contribution < -0.4 is 9.64 Å². The molecule has 1 aromatic carbocycles. The molecule has 1 aliphatic heterocycles. The zero-order valence-corrected chi connectivity index (χ0v) is 13.8. The van der Waals surface area contributed by atoms with Gasteiger partial charge in [-0.05, 0) is 36.4 Å². The summed E-state index contributed by atoms with van der Waals surface area (Å²) in [5, 5.41) is 0. The molecule has 9 heteroatoms. The zero-order valence-electron chi connectivity index (χ0n) is 13.8. The van der Waals surface area contributed by atoms with Gasteiger partial charge < -0.3 is 24.3 Å². The summed E-state index contributed by atoms with van der Waals surface area (Å²) >= 11 is 0. The van der Waals surface area contributed by atoms with E-state index < -0.39 is 6.36 Å². The van der Waals surface area contributed by atoms with E-state index in [0.29, 0.717) is 26.2 Å². The maximum atomic E-state index is 12.2. The summed E-state index contributed by atoms with van der Waals surface area (Å²) in [5.74, 6) is -0.257. The van der Waals surface area contributed by atoms with Gasteiger partial charge in [0.15, 0.2) is 0 Å². The number of hydrogen-bond donors (Lipinski definition) is 1. The third kappa shape index (κ3) is 4.84. The number of carbonyl (C=O) groups is 1. The first-order valence-electron chi connectivity index (χ1n) is 8.05. The van der Waals surface area contributed by atoms with Crippen molar-refractivity contribution in [1.82, 2.24) is 9.88 Å². The predicted molar refractivity (Wildman–Crippen MR) is 87.9 cm³/mol. The van der Waals surface area contributed by atoms with Gasteiger partial charge in [-0.2, -0.15) is 0 Å². The van der Waals surface area contributed by atoms with Gasteiger partial charge in [-0.25, -0.2) is 4.79 Å². The lowest BCUT2D eigenvalue weighted by Gasteiger charge is -2.35. The Balaban J connectivity index is 1.47. The van der Waals surface area contributed by atoms with Crippen LogP contribution in [0.5, 0.6) is 5.75 Å². The molecule has 0 bridgehead atoms. The van der Waals surface area contributed by atoms with Crippen LogP contribution in [0, 0.1) is 0 Å². The number of piperazine rings is 1. The highest BCUT2D eigenvalue weighted by molar-refractivity contribution is 5.68. The summed E-state index contributed by atoms with van der Waals surface area (Å²) < 4.78 is 45.7. The highest BCUT2D eigenvalue weighted by Gasteiger charge is 2.31. The van der Waals surface area contributed by atoms with E-state index >= 15 is 0 Å². The summed E-state index contributed by atoms with van der Waals surface area (Å²) in [6.07, 6.45) is -3.33. The Labute approximate surface area is 148 Å². The summed E-state index contributed by atoms with van der Waals surface area (Å²) in [4.78, 5) is 18.6. The summed E-state index contributed by atoms with van der Waals surface area (Å²) in [6, 6.07) is 9.35. The van der Waals surface area contributed by atoms with Gasteiger partial charge in [-0.15, -0.1) is 13.2 Å². The number of hydrogen-bond acceptors (Lipinski definition) is 4. The van der Waals surface area contributed by atoms with E-state index in [0.717, 1.165) is 11.4 Å². The Morgan fingerprint density at radius 3 is 2.35 bits per heavy atom. The minimum atomic E-state index is -4.70. The molecule has 2 heterocycles. The Hall–Kier alpha value is -2.84. The first-order chi connectivity index (χ1) is 12.4. The SMILES string of the molecule is O=C(OCc1ccc[nH]1)N1CCN(c2ccc(OC(F)(F)F)cc2)CC1. The molecule has 1 aliphatic rings. The normalized spacial score (nSPS) is 15.0. The van der Waals surface area contributed by atoms with Crippen LogP contribution in [0.25, 0.3) is 0 Å². The highest BCUT2D eigenvalue weighted by atomic mass is 19.4. The van der Waals surface area contributed by atoms with Gasteiger partial charge in [0, 0.05) is 38.1 Å². The lowest BCUT2D eigenvalue weighted by Crippen LogP contribution is -2.48. The van der Waals surface area contributed by atoms with Gasteiger partial charge in [0.1, 0.15) is 12.4 Å². The van der Waals surface area contributed by atoms with Gasteiger partial charge in [0.25, 0.3) is 0 Å². The molecule has 1 saturated heterocycles. The van der Waals surface area contributed by atoms with Gasteiger partial charge in [-0.3, -0.25) is 0 Å². The summed E-state index contributed by atoms with van der Waals surface area (Å²) in [6.45, 7) is 2.27. The van der Waals surface area contributed by atoms with Gasteiger partial charge in [-0.1, -0.05) is 0 Å². The van der Waals surface area contributed by atoms with E-state index in [9.17, 15) is 18.0 Å². The Morgan fingerprint density at radius 2 is 1.77 bits per heavy atom. The zero-order chi connectivity index (χ0) is 18.6. The van der Waals surface area contributed by atoms with E-state index in [1.165, 1.54) is 12.1 Å². The van der Waals surface area contributed by atoms with Crippen LogP contribution in [-0.4, -0.2) is 48.5 Å². The Bertz CT molecular complexity index is 709. The number of halogens is 3. The number of aromatic amines is 1. The van der Waals surface area contributed by atoms with Crippen molar-refractivity contribution in [2.24, 2.45) is 0 Å². The van der Waals surface area contributed by atoms with Crippen molar-refractivity contribution in [3.63, 3.8) is 0 Å². The van der Waals surface area contributed by atoms with Crippen molar-refractivity contribution >= 4 is 11.8 Å². The molecule has 1 fully saturated rings. The van der Waals surface area contributed by atoms with Crippen LogP contribution in [-0.2, 0) is 11.3 Å². The molecule has 2 aromatic rings. The number of aromatic nitrogens is 1. The van der Waals surface area contributed by atoms with Gasteiger partial charge >= 0.3 is 12.5 Å². The van der Waals surface area contributed by atoms with Crippen LogP contribution in [0.3, 0.4) is 0 Å². The summed E-state index contributed by atoms with van der Waals surface area (Å²) in [7, 11) is 0. The number of H-pyrrole nitrogens is 1. The number of alkyl halides is 3. The van der Waals surface area contributed by atoms with Crippen LogP contribution in [0.4, 0.5) is 23.7 Å². The second kappa shape index (κ2) is 7.59. The first-order valence-corrected chi connectivity index (χ1v) is 8.05. The fourth-order valence-corrected chi connectivity index (χ4v) is 2.69. The molecule has 3 rings (SSSR count). The Kier molecular flexibility index (Phi) is 5.24. The van der Waals surface area contributed by atoms with E-state index in [4.69, 9.17) is 4.74 Å². The largest absolute Gasteiger partial charge is 0.573 e. The molecule has 1 N–H and O–H groups in total. The first kappa shape index (κ1) is 18.0. The fourth-order valence-electron chi connectivity index (χ4n) is 2.69. The van der Waals surface area contributed by atoms with E-state index in [-0.39, 0.29) is 18.4 Å². The topological polar surface area (TPSA) is 57.8 Å². The third-order valence-corrected chi connectivity index (χ3v) is 3.99. The Morgan fingerprint density at radius 1 is 1.08 bits per heavy atom. The number of rotatable bonds is 4. The quantitative estimate of drug-likeness (QED) is 0.898. The van der Waals surface area contributed by atoms with Crippen molar-refractivity contribution in [2.45, 2.75) is 13.0 Å². The molecule has 140 valence electrons. The number of nitrogens with zero attached hydrogens (tertiary/aromatic N) is 2. The average molecular weight is 369 g/mol. The molecule has 0 atom stereocenters. The van der Waals surface area contributed by atoms with Crippen molar-refractivity contribution in [2.75, 3.05) is 31.1 Å². The molecule has 0 spiro atoms. The van der Waals surface area contributed by atoms with Crippen LogP contribution in [0.2, 0.25) is 0 Å². The lowest BCUT2D eigenvalue weighted by atomic mass is 10.2. The van der Waals surface area contributed by atoms with Crippen molar-refractivity contribution in [1.29, 1.82) is 0 Å². The van der Waals surface area contributed by atoms with E-state index in [1.54, 1.807) is 23.2 Å². The lowest BCUT2D eigenvalue weighted by molar-refractivity contribution is -0.274. The molecule has 1 amide bonds. The molecular formula is C17H18F3N3O3. The van der Waals surface area contributed by atoms with Crippen LogP contribution in [0.1, 0.15) is 5.69 Å². The maximum Gasteiger partial charge on any atom is 0.573 e. The van der Waals surface area contributed by atoms with E-state index in [2.05, 4.69) is 9.72 Å². The number of amides is 1. The van der Waals surface area contributed by atoms with Crippen LogP contribution >= 0.6 is 0 Å². The second-order valence-electron chi connectivity index (χ2n) is 5.77. The molecular weight excluding hydrogens is 351 g/mol. The predicted octanol–water partition coefficient (Wildman–Crippen LogP) is 3.37. The van der Waals surface area contributed by atoms with Crippen molar-refractivity contribution in [3.8, 4) is 5.75 Å². The van der Waals surface area contributed by atoms with Crippen molar-refractivity contribution in [3.05, 3.63) is 48.3 Å². The van der Waals surface area contributed by atoms with Crippen molar-refractivity contribution < 1.29 is 27.4 Å². The molecule has 26 heavy (non-hydrogen) atoms. The van der Waals surface area contributed by atoms with Gasteiger partial charge in [0.2, 0.25) is 0 Å². The average Bonchev–Trinajstić information content (AvgIpc) is 3.13. The minimum absolute atomic E-state index is 0.187. The monoisotopic (exact) mass is 369 g/mol. The minimum Gasteiger partial charge on any atom is -0.443 e. The second-order valence-corrected chi connectivity index (χ2v) is 5.77. The summed E-state index contributed by atoms with van der Waals surface area (Å²) in [5.41, 5.74) is 1.59. The third-order valence-electron chi connectivity index (χ3n) is 3.99. The van der Waals surface area contributed by atoms with E-state index in [1.807, 2.05) is 17.0 Å². The number of nitrogens with one attached hydrogen (secondary N) is 1. The van der Waals surface area contributed by atoms with Crippen LogP contribution in [0.15, 0.2) is 42.6 Å². The molecule has 0 aliphatic carbocycles. The molecule has 1 aromatic heterocycles. The smallest absolute Gasteiger partial charge is 0.443 e. The molecule has 0 unspecified atom stereocenters. The molecule has 6 nitrogen and oxygen atoms in total. The van der Waals surface area contributed by atoms with Gasteiger partial charge in [0.05, 0.1) is 5.69 Å². The number of ether oxygens (including phenoxy) is 2. The number of benzene rings is 1. The fraction of sp³-hybridized carbons (Fsp3) is 0.353. The molecule has 0 radical (unpaired) electrons. The maximum absolute atomic E-state index is 12.2.